The molecule has 0 unspecified atom stereocenters. The van der Waals surface area contributed by atoms with E-state index in [9.17, 15) is 19.7 Å². The molecule has 22 heavy (non-hydrogen) atoms. The molecule has 1 N–H and O–H groups in total. The fraction of sp³-hybridized carbons (Fsp3) is 0.429. The Morgan fingerprint density at radius 1 is 1.36 bits per heavy atom. The van der Waals surface area contributed by atoms with Crippen molar-refractivity contribution in [2.75, 3.05) is 0 Å². The Morgan fingerprint density at radius 2 is 1.95 bits per heavy atom. The molecule has 0 aromatic heterocycles. The number of rotatable bonds is 4. The second-order valence-electron chi connectivity index (χ2n) is 5.71. The Labute approximate surface area is 132 Å². The lowest BCUT2D eigenvalue weighted by molar-refractivity contribution is -0.385. The summed E-state index contributed by atoms with van der Waals surface area (Å²) in [7, 11) is 0. The van der Waals surface area contributed by atoms with Gasteiger partial charge in [0.1, 0.15) is 5.56 Å². The van der Waals surface area contributed by atoms with Gasteiger partial charge in [0.2, 0.25) is 0 Å². The number of ether oxygens (including phenoxy) is 1. The Morgan fingerprint density at radius 3 is 2.45 bits per heavy atom. The third-order valence-electron chi connectivity index (χ3n) is 2.53. The van der Waals surface area contributed by atoms with Crippen molar-refractivity contribution in [2.45, 2.75) is 39.3 Å². The third-order valence-corrected chi connectivity index (χ3v) is 2.76. The van der Waals surface area contributed by atoms with Crippen molar-refractivity contribution in [3.8, 4) is 0 Å². The maximum absolute atomic E-state index is 12.0. The average molecular weight is 329 g/mol. The highest BCUT2D eigenvalue weighted by atomic mass is 35.5. The van der Waals surface area contributed by atoms with Gasteiger partial charge in [-0.25, -0.2) is 4.79 Å². The molecule has 0 radical (unpaired) electrons. The van der Waals surface area contributed by atoms with Gasteiger partial charge < -0.3 is 10.1 Å². The summed E-state index contributed by atoms with van der Waals surface area (Å²) in [4.78, 5) is 34.1. The highest BCUT2D eigenvalue weighted by molar-refractivity contribution is 6.31. The molecule has 1 rings (SSSR count). The van der Waals surface area contributed by atoms with Crippen LogP contribution in [0.5, 0.6) is 0 Å². The van der Waals surface area contributed by atoms with E-state index in [-0.39, 0.29) is 10.6 Å². The zero-order chi connectivity index (χ0) is 17.1. The van der Waals surface area contributed by atoms with Gasteiger partial charge in [-0.3, -0.25) is 14.9 Å². The second kappa shape index (κ2) is 6.74. The third kappa shape index (κ3) is 5.00. The number of carbonyl (C=O) groups is 2. The van der Waals surface area contributed by atoms with Crippen LogP contribution < -0.4 is 5.32 Å². The first kappa shape index (κ1) is 17.9. The number of hydrogen-bond donors (Lipinski definition) is 1. The number of halogens is 1. The molecule has 0 heterocycles. The summed E-state index contributed by atoms with van der Waals surface area (Å²) >= 11 is 5.67. The molecule has 7 nitrogen and oxygen atoms in total. The molecule has 120 valence electrons. The van der Waals surface area contributed by atoms with Gasteiger partial charge in [-0.15, -0.1) is 0 Å². The molecule has 1 aromatic rings. The van der Waals surface area contributed by atoms with Gasteiger partial charge in [-0.05, 0) is 39.8 Å². The van der Waals surface area contributed by atoms with Crippen LogP contribution in [0.2, 0.25) is 5.02 Å². The van der Waals surface area contributed by atoms with E-state index in [0.29, 0.717) is 0 Å². The summed E-state index contributed by atoms with van der Waals surface area (Å²) in [6, 6.07) is 3.58. The van der Waals surface area contributed by atoms with Crippen molar-refractivity contribution in [2.24, 2.45) is 0 Å². The van der Waals surface area contributed by atoms with Gasteiger partial charge in [-0.1, -0.05) is 11.6 Å². The van der Waals surface area contributed by atoms with Crippen LogP contribution in [0.4, 0.5) is 5.69 Å². The maximum atomic E-state index is 12.0. The summed E-state index contributed by atoms with van der Waals surface area (Å²) < 4.78 is 4.98. The molecule has 1 aromatic carbocycles. The van der Waals surface area contributed by atoms with Crippen LogP contribution in [-0.2, 0) is 9.53 Å². The molecule has 0 saturated heterocycles. The highest BCUT2D eigenvalue weighted by Gasteiger charge is 2.27. The van der Waals surface area contributed by atoms with E-state index in [1.807, 2.05) is 0 Å². The molecule has 0 saturated carbocycles. The average Bonchev–Trinajstić information content (AvgIpc) is 2.36. The molecule has 0 aliphatic heterocycles. The minimum absolute atomic E-state index is 0.127. The van der Waals surface area contributed by atoms with Crippen molar-refractivity contribution in [1.29, 1.82) is 0 Å². The fourth-order valence-electron chi connectivity index (χ4n) is 1.58. The Balaban J connectivity index is 2.90. The molecule has 0 aliphatic rings. The topological polar surface area (TPSA) is 98.5 Å². The predicted molar refractivity (Wildman–Crippen MR) is 80.9 cm³/mol. The number of hydrogen-bond acceptors (Lipinski definition) is 5. The van der Waals surface area contributed by atoms with E-state index in [0.717, 1.165) is 6.07 Å². The van der Waals surface area contributed by atoms with E-state index in [4.69, 9.17) is 16.3 Å². The van der Waals surface area contributed by atoms with Gasteiger partial charge in [-0.2, -0.15) is 0 Å². The molecular formula is C14H17ClN2O5. The first-order valence-corrected chi connectivity index (χ1v) is 6.86. The lowest BCUT2D eigenvalue weighted by atomic mass is 10.1. The number of benzene rings is 1. The molecule has 1 atom stereocenters. The van der Waals surface area contributed by atoms with Crippen LogP contribution in [0.25, 0.3) is 0 Å². The van der Waals surface area contributed by atoms with Crippen LogP contribution >= 0.6 is 11.6 Å². The monoisotopic (exact) mass is 328 g/mol. The van der Waals surface area contributed by atoms with Crippen molar-refractivity contribution in [3.05, 3.63) is 38.9 Å². The van der Waals surface area contributed by atoms with Gasteiger partial charge in [0.25, 0.3) is 11.6 Å². The SMILES string of the molecule is C[C@H](OC(=O)c1ccc(Cl)cc1[N+](=O)[O-])C(=O)NC(C)(C)C. The Kier molecular flexibility index (Phi) is 5.48. The van der Waals surface area contributed by atoms with Crippen molar-refractivity contribution < 1.29 is 19.2 Å². The number of nitrogens with one attached hydrogen (secondary N) is 1. The summed E-state index contributed by atoms with van der Waals surface area (Å²) in [5, 5.41) is 13.7. The minimum atomic E-state index is -1.08. The Bertz CT molecular complexity index is 610. The number of nitro groups is 1. The van der Waals surface area contributed by atoms with Crippen molar-refractivity contribution in [1.82, 2.24) is 5.32 Å². The zero-order valence-electron chi connectivity index (χ0n) is 12.7. The number of nitro benzene ring substituents is 1. The van der Waals surface area contributed by atoms with Crippen LogP contribution in [0, 0.1) is 10.1 Å². The second-order valence-corrected chi connectivity index (χ2v) is 6.14. The highest BCUT2D eigenvalue weighted by Crippen LogP contribution is 2.24. The van der Waals surface area contributed by atoms with Gasteiger partial charge in [0, 0.05) is 16.6 Å². The van der Waals surface area contributed by atoms with Crippen molar-refractivity contribution in [3.63, 3.8) is 0 Å². The number of esters is 1. The van der Waals surface area contributed by atoms with E-state index in [1.165, 1.54) is 19.1 Å². The van der Waals surface area contributed by atoms with Gasteiger partial charge in [0.05, 0.1) is 4.92 Å². The van der Waals surface area contributed by atoms with E-state index in [2.05, 4.69) is 5.32 Å². The lowest BCUT2D eigenvalue weighted by Crippen LogP contribution is -2.46. The summed E-state index contributed by atoms with van der Waals surface area (Å²) in [5.41, 5.74) is -1.21. The molecule has 0 aliphatic carbocycles. The first-order chi connectivity index (χ1) is 10.0. The van der Waals surface area contributed by atoms with Crippen LogP contribution in [-0.4, -0.2) is 28.4 Å². The van der Waals surface area contributed by atoms with Gasteiger partial charge in [0.15, 0.2) is 6.10 Å². The fourth-order valence-corrected chi connectivity index (χ4v) is 1.74. The minimum Gasteiger partial charge on any atom is -0.449 e. The molecule has 8 heteroatoms. The standard InChI is InChI=1S/C14H17ClN2O5/c1-8(12(18)16-14(2,3)4)22-13(19)10-6-5-9(15)7-11(10)17(20)21/h5-8H,1-4H3,(H,16,18)/t8-/m0/s1. The van der Waals surface area contributed by atoms with Crippen LogP contribution in [0.3, 0.4) is 0 Å². The molecular weight excluding hydrogens is 312 g/mol. The summed E-state index contributed by atoms with van der Waals surface area (Å²) in [5.74, 6) is -1.45. The normalized spacial score (nSPS) is 12.4. The number of carbonyl (C=O) groups excluding carboxylic acids is 2. The zero-order valence-corrected chi connectivity index (χ0v) is 13.4. The molecule has 0 bridgehead atoms. The quantitative estimate of drug-likeness (QED) is 0.520. The van der Waals surface area contributed by atoms with E-state index >= 15 is 0 Å². The summed E-state index contributed by atoms with van der Waals surface area (Å²) in [6.07, 6.45) is -1.08. The van der Waals surface area contributed by atoms with Gasteiger partial charge >= 0.3 is 5.97 Å². The smallest absolute Gasteiger partial charge is 0.345 e. The Hall–Kier alpha value is -2.15. The molecule has 0 spiro atoms. The first-order valence-electron chi connectivity index (χ1n) is 6.48. The van der Waals surface area contributed by atoms with Crippen LogP contribution in [0.1, 0.15) is 38.1 Å². The van der Waals surface area contributed by atoms with Crippen molar-refractivity contribution >= 4 is 29.2 Å². The molecule has 1 amide bonds. The maximum Gasteiger partial charge on any atom is 0.345 e. The predicted octanol–water partition coefficient (Wildman–Crippen LogP) is 2.71. The molecule has 0 fully saturated rings. The van der Waals surface area contributed by atoms with E-state index in [1.54, 1.807) is 20.8 Å². The summed E-state index contributed by atoms with van der Waals surface area (Å²) in [6.45, 7) is 6.73. The van der Waals surface area contributed by atoms with Crippen LogP contribution in [0.15, 0.2) is 18.2 Å². The van der Waals surface area contributed by atoms with E-state index < -0.39 is 34.1 Å². The lowest BCUT2D eigenvalue weighted by Gasteiger charge is -2.23. The largest absolute Gasteiger partial charge is 0.449 e. The number of amides is 1. The number of nitrogens with zero attached hydrogens (tertiary/aromatic N) is 1.